The van der Waals surface area contributed by atoms with E-state index in [-0.39, 0.29) is 0 Å². The van der Waals surface area contributed by atoms with Crippen molar-refractivity contribution in [2.75, 3.05) is 20.3 Å². The Morgan fingerprint density at radius 2 is 2.22 bits per heavy atom. The van der Waals surface area contributed by atoms with Crippen LogP contribution in [0.1, 0.15) is 30.5 Å². The van der Waals surface area contributed by atoms with Gasteiger partial charge in [0.1, 0.15) is 5.15 Å². The monoisotopic (exact) mass is 271 g/mol. The number of nitrogens with one attached hydrogen (secondary N) is 1. The van der Waals surface area contributed by atoms with Crippen LogP contribution >= 0.6 is 11.6 Å². The molecule has 0 saturated heterocycles. The highest BCUT2D eigenvalue weighted by molar-refractivity contribution is 6.30. The number of methoxy groups -OCH3 is 1. The summed E-state index contributed by atoms with van der Waals surface area (Å²) in [7, 11) is 3.64. The first kappa shape index (κ1) is 13.8. The van der Waals surface area contributed by atoms with E-state index in [1.165, 1.54) is 12.8 Å². The Hall–Kier alpha value is -0.580. The van der Waals surface area contributed by atoms with E-state index >= 15 is 0 Å². The van der Waals surface area contributed by atoms with Crippen LogP contribution in [0.4, 0.5) is 0 Å². The van der Waals surface area contributed by atoms with Crippen LogP contribution in [0.3, 0.4) is 0 Å². The molecule has 0 aliphatic heterocycles. The van der Waals surface area contributed by atoms with Gasteiger partial charge in [0.25, 0.3) is 0 Å². The van der Waals surface area contributed by atoms with Crippen LogP contribution in [0.25, 0.3) is 0 Å². The fraction of sp³-hybridized carbons (Fsp3) is 0.769. The summed E-state index contributed by atoms with van der Waals surface area (Å²) >= 11 is 6.20. The second-order valence-corrected chi connectivity index (χ2v) is 5.68. The predicted octanol–water partition coefficient (Wildman–Crippen LogP) is 2.29. The van der Waals surface area contributed by atoms with E-state index in [1.54, 1.807) is 11.8 Å². The Balaban J connectivity index is 1.82. The van der Waals surface area contributed by atoms with Gasteiger partial charge in [-0.3, -0.25) is 4.68 Å². The Bertz CT molecular complexity index is 413. The topological polar surface area (TPSA) is 39.1 Å². The molecule has 1 N–H and O–H groups in total. The van der Waals surface area contributed by atoms with Gasteiger partial charge in [0, 0.05) is 39.4 Å². The number of hydrogen-bond acceptors (Lipinski definition) is 3. The molecule has 2 rings (SSSR count). The van der Waals surface area contributed by atoms with E-state index in [1.807, 2.05) is 14.0 Å². The van der Waals surface area contributed by atoms with E-state index in [4.69, 9.17) is 16.3 Å². The van der Waals surface area contributed by atoms with Crippen LogP contribution in [0.15, 0.2) is 0 Å². The standard InChI is InChI=1S/C13H22ClN3O/c1-10-11(12(14)17(2)16-10)8-15-9-13(4-5-13)6-7-18-3/h15H,4-9H2,1-3H3. The molecule has 0 bridgehead atoms. The summed E-state index contributed by atoms with van der Waals surface area (Å²) in [5.41, 5.74) is 2.59. The third-order valence-electron chi connectivity index (χ3n) is 3.87. The van der Waals surface area contributed by atoms with Gasteiger partial charge >= 0.3 is 0 Å². The molecule has 1 heterocycles. The Morgan fingerprint density at radius 3 is 2.72 bits per heavy atom. The average molecular weight is 272 g/mol. The second-order valence-electron chi connectivity index (χ2n) is 5.32. The smallest absolute Gasteiger partial charge is 0.131 e. The lowest BCUT2D eigenvalue weighted by Crippen LogP contribution is -2.24. The van der Waals surface area contributed by atoms with E-state index < -0.39 is 0 Å². The molecule has 1 aliphatic carbocycles. The summed E-state index contributed by atoms with van der Waals surface area (Å²) in [5.74, 6) is 0. The van der Waals surface area contributed by atoms with Crippen molar-refractivity contribution in [3.05, 3.63) is 16.4 Å². The Labute approximate surface area is 114 Å². The zero-order valence-electron chi connectivity index (χ0n) is 11.4. The highest BCUT2D eigenvalue weighted by Gasteiger charge is 2.41. The van der Waals surface area contributed by atoms with Gasteiger partial charge in [-0.2, -0.15) is 5.10 Å². The summed E-state index contributed by atoms with van der Waals surface area (Å²) in [4.78, 5) is 0. The van der Waals surface area contributed by atoms with E-state index in [0.29, 0.717) is 5.41 Å². The van der Waals surface area contributed by atoms with Crippen molar-refractivity contribution in [2.24, 2.45) is 12.5 Å². The highest BCUT2D eigenvalue weighted by Crippen LogP contribution is 2.48. The number of rotatable bonds is 7. The lowest BCUT2D eigenvalue weighted by Gasteiger charge is -2.15. The van der Waals surface area contributed by atoms with Crippen LogP contribution in [-0.4, -0.2) is 30.0 Å². The molecular formula is C13H22ClN3O. The van der Waals surface area contributed by atoms with Gasteiger partial charge in [-0.15, -0.1) is 0 Å². The van der Waals surface area contributed by atoms with Gasteiger partial charge in [0.2, 0.25) is 0 Å². The maximum atomic E-state index is 6.20. The van der Waals surface area contributed by atoms with Crippen molar-refractivity contribution < 1.29 is 4.74 Å². The van der Waals surface area contributed by atoms with Crippen molar-refractivity contribution in [3.63, 3.8) is 0 Å². The molecule has 1 aliphatic rings. The van der Waals surface area contributed by atoms with Gasteiger partial charge in [-0.1, -0.05) is 11.6 Å². The summed E-state index contributed by atoms with van der Waals surface area (Å²) < 4.78 is 6.89. The molecule has 0 spiro atoms. The van der Waals surface area contributed by atoms with Crippen molar-refractivity contribution >= 4 is 11.6 Å². The molecule has 0 aromatic carbocycles. The number of aromatic nitrogens is 2. The quantitative estimate of drug-likeness (QED) is 0.827. The lowest BCUT2D eigenvalue weighted by atomic mass is 10.0. The highest BCUT2D eigenvalue weighted by atomic mass is 35.5. The van der Waals surface area contributed by atoms with Gasteiger partial charge in [0.05, 0.1) is 5.69 Å². The van der Waals surface area contributed by atoms with Crippen molar-refractivity contribution in [2.45, 2.75) is 32.7 Å². The molecule has 102 valence electrons. The number of halogens is 1. The number of hydrogen-bond donors (Lipinski definition) is 1. The fourth-order valence-electron chi connectivity index (χ4n) is 2.34. The molecule has 1 fully saturated rings. The van der Waals surface area contributed by atoms with Crippen LogP contribution in [0.2, 0.25) is 5.15 Å². The number of aryl methyl sites for hydroxylation is 2. The first-order valence-corrected chi connectivity index (χ1v) is 6.83. The summed E-state index contributed by atoms with van der Waals surface area (Å²) in [6.45, 7) is 4.70. The van der Waals surface area contributed by atoms with Crippen LogP contribution in [-0.2, 0) is 18.3 Å². The van der Waals surface area contributed by atoms with E-state index in [9.17, 15) is 0 Å². The molecule has 5 heteroatoms. The van der Waals surface area contributed by atoms with Gasteiger partial charge < -0.3 is 10.1 Å². The molecule has 18 heavy (non-hydrogen) atoms. The largest absolute Gasteiger partial charge is 0.385 e. The molecule has 0 radical (unpaired) electrons. The van der Waals surface area contributed by atoms with Crippen molar-refractivity contribution in [1.82, 2.24) is 15.1 Å². The third-order valence-corrected chi connectivity index (χ3v) is 4.34. The van der Waals surface area contributed by atoms with E-state index in [2.05, 4.69) is 10.4 Å². The molecule has 0 atom stereocenters. The maximum Gasteiger partial charge on any atom is 0.131 e. The van der Waals surface area contributed by atoms with E-state index in [0.717, 1.165) is 42.5 Å². The molecule has 1 aromatic heterocycles. The molecule has 0 amide bonds. The SMILES string of the molecule is COCCC1(CNCc2c(C)nn(C)c2Cl)CC1. The summed E-state index contributed by atoms with van der Waals surface area (Å²) in [6.07, 6.45) is 3.77. The maximum absolute atomic E-state index is 6.20. The summed E-state index contributed by atoms with van der Waals surface area (Å²) in [6, 6.07) is 0. The zero-order valence-corrected chi connectivity index (χ0v) is 12.2. The number of nitrogens with zero attached hydrogens (tertiary/aromatic N) is 2. The van der Waals surface area contributed by atoms with Gasteiger partial charge in [-0.05, 0) is 31.6 Å². The minimum atomic E-state index is 0.471. The van der Waals surface area contributed by atoms with Gasteiger partial charge in [0.15, 0.2) is 0 Å². The summed E-state index contributed by atoms with van der Waals surface area (Å²) in [5, 5.41) is 8.57. The van der Waals surface area contributed by atoms with Crippen LogP contribution in [0.5, 0.6) is 0 Å². The Kier molecular flexibility index (Phi) is 4.30. The lowest BCUT2D eigenvalue weighted by molar-refractivity contribution is 0.171. The van der Waals surface area contributed by atoms with Crippen LogP contribution < -0.4 is 5.32 Å². The fourth-order valence-corrected chi connectivity index (χ4v) is 2.58. The van der Waals surface area contributed by atoms with Crippen molar-refractivity contribution in [1.29, 1.82) is 0 Å². The third kappa shape index (κ3) is 3.05. The predicted molar refractivity (Wildman–Crippen MR) is 72.8 cm³/mol. The average Bonchev–Trinajstić information content (AvgIpc) is 3.06. The molecule has 4 nitrogen and oxygen atoms in total. The minimum Gasteiger partial charge on any atom is -0.385 e. The number of ether oxygens (including phenoxy) is 1. The van der Waals surface area contributed by atoms with Gasteiger partial charge in [-0.25, -0.2) is 0 Å². The first-order chi connectivity index (χ1) is 8.58. The molecule has 1 aromatic rings. The second kappa shape index (κ2) is 5.59. The molecular weight excluding hydrogens is 250 g/mol. The first-order valence-electron chi connectivity index (χ1n) is 6.46. The zero-order chi connectivity index (χ0) is 13.2. The minimum absolute atomic E-state index is 0.471. The molecule has 1 saturated carbocycles. The van der Waals surface area contributed by atoms with Crippen molar-refractivity contribution in [3.8, 4) is 0 Å². The normalized spacial score (nSPS) is 17.1. The molecule has 0 unspecified atom stereocenters. The van der Waals surface area contributed by atoms with Crippen LogP contribution in [0, 0.1) is 12.3 Å². The Morgan fingerprint density at radius 1 is 1.50 bits per heavy atom.